The molecule has 1 heterocycles. The number of rotatable bonds is 1. The summed E-state index contributed by atoms with van der Waals surface area (Å²) in [6.45, 7) is 0. The molecule has 0 aromatic carbocycles. The summed E-state index contributed by atoms with van der Waals surface area (Å²) in [6, 6.07) is 4.66. The van der Waals surface area contributed by atoms with Crippen LogP contribution in [0.15, 0.2) is 12.1 Å². The molecule has 3 rings (SSSR count). The summed E-state index contributed by atoms with van der Waals surface area (Å²) in [5.74, 6) is 0.765. The van der Waals surface area contributed by atoms with Crippen molar-refractivity contribution in [3.8, 4) is 0 Å². The van der Waals surface area contributed by atoms with E-state index in [1.807, 2.05) is 0 Å². The molecular weight excluding hydrogens is 194 g/mol. The Morgan fingerprint density at radius 2 is 1.69 bits per heavy atom. The van der Waals surface area contributed by atoms with Gasteiger partial charge in [0.2, 0.25) is 0 Å². The normalized spacial score (nSPS) is 21.8. The monoisotopic (exact) mass is 215 g/mol. The Hall–Kier alpha value is -0.850. The van der Waals surface area contributed by atoms with E-state index in [-0.39, 0.29) is 0 Å². The molecule has 0 radical (unpaired) electrons. The smallest absolute Gasteiger partial charge is 0.0439 e. The fourth-order valence-corrected chi connectivity index (χ4v) is 3.22. The van der Waals surface area contributed by atoms with Crippen LogP contribution >= 0.6 is 0 Å². The minimum atomic E-state index is 0.765. The van der Waals surface area contributed by atoms with Crippen LogP contribution in [-0.4, -0.2) is 4.98 Å². The van der Waals surface area contributed by atoms with Crippen LogP contribution in [0.1, 0.15) is 67.8 Å². The number of aryl methyl sites for hydroxylation is 2. The van der Waals surface area contributed by atoms with Gasteiger partial charge in [0.15, 0.2) is 0 Å². The summed E-state index contributed by atoms with van der Waals surface area (Å²) in [5, 5.41) is 0. The first-order valence-corrected chi connectivity index (χ1v) is 6.92. The molecule has 0 spiro atoms. The van der Waals surface area contributed by atoms with E-state index in [0.717, 1.165) is 5.92 Å². The third-order valence-electron chi connectivity index (χ3n) is 4.22. The predicted octanol–water partition coefficient (Wildman–Crippen LogP) is 4.01. The molecule has 1 fully saturated rings. The molecule has 1 saturated carbocycles. The zero-order chi connectivity index (χ0) is 10.8. The number of nitrogens with zero attached hydrogens (tertiary/aromatic N) is 1. The highest BCUT2D eigenvalue weighted by molar-refractivity contribution is 5.26. The molecule has 0 N–H and O–H groups in total. The molecule has 2 aliphatic carbocycles. The summed E-state index contributed by atoms with van der Waals surface area (Å²) >= 11 is 0. The molecule has 0 aliphatic heterocycles. The molecule has 2 aliphatic rings. The van der Waals surface area contributed by atoms with E-state index < -0.39 is 0 Å². The van der Waals surface area contributed by atoms with Crippen molar-refractivity contribution in [2.24, 2.45) is 0 Å². The largest absolute Gasteiger partial charge is 0.257 e. The van der Waals surface area contributed by atoms with Crippen LogP contribution in [0, 0.1) is 0 Å². The van der Waals surface area contributed by atoms with Gasteiger partial charge in [-0.25, -0.2) is 0 Å². The van der Waals surface area contributed by atoms with E-state index in [0.29, 0.717) is 0 Å². The van der Waals surface area contributed by atoms with Gasteiger partial charge >= 0.3 is 0 Å². The van der Waals surface area contributed by atoms with Crippen molar-refractivity contribution in [2.45, 2.75) is 63.7 Å². The second-order valence-electron chi connectivity index (χ2n) is 5.38. The molecule has 16 heavy (non-hydrogen) atoms. The summed E-state index contributed by atoms with van der Waals surface area (Å²) in [4.78, 5) is 4.94. The maximum absolute atomic E-state index is 4.94. The molecule has 0 saturated heterocycles. The predicted molar refractivity (Wildman–Crippen MR) is 66.7 cm³/mol. The van der Waals surface area contributed by atoms with Gasteiger partial charge in [-0.15, -0.1) is 0 Å². The minimum Gasteiger partial charge on any atom is -0.257 e. The first kappa shape index (κ1) is 10.3. The number of fused-ring (bicyclic) bond motifs is 1. The lowest BCUT2D eigenvalue weighted by molar-refractivity contribution is 0.435. The van der Waals surface area contributed by atoms with Gasteiger partial charge in [0.05, 0.1) is 0 Å². The molecule has 1 aromatic heterocycles. The van der Waals surface area contributed by atoms with Gasteiger partial charge in [0.25, 0.3) is 0 Å². The van der Waals surface area contributed by atoms with Crippen LogP contribution in [0.5, 0.6) is 0 Å². The topological polar surface area (TPSA) is 12.9 Å². The van der Waals surface area contributed by atoms with Gasteiger partial charge in [-0.3, -0.25) is 4.98 Å². The van der Waals surface area contributed by atoms with Crippen LogP contribution in [0.3, 0.4) is 0 Å². The Morgan fingerprint density at radius 3 is 2.56 bits per heavy atom. The number of hydrogen-bond acceptors (Lipinski definition) is 1. The molecule has 1 nitrogen and oxygen atoms in total. The maximum atomic E-state index is 4.94. The summed E-state index contributed by atoms with van der Waals surface area (Å²) < 4.78 is 0. The van der Waals surface area contributed by atoms with Crippen LogP contribution in [0.2, 0.25) is 0 Å². The van der Waals surface area contributed by atoms with Crippen LogP contribution in [0.25, 0.3) is 0 Å². The lowest BCUT2D eigenvalue weighted by atomic mass is 9.85. The Balaban J connectivity index is 1.84. The van der Waals surface area contributed by atoms with E-state index in [2.05, 4.69) is 12.1 Å². The van der Waals surface area contributed by atoms with Crippen LogP contribution < -0.4 is 0 Å². The van der Waals surface area contributed by atoms with Gasteiger partial charge in [0, 0.05) is 17.3 Å². The lowest BCUT2D eigenvalue weighted by Gasteiger charge is -2.23. The lowest BCUT2D eigenvalue weighted by Crippen LogP contribution is -2.11. The highest BCUT2D eigenvalue weighted by Crippen LogP contribution is 2.32. The van der Waals surface area contributed by atoms with E-state index >= 15 is 0 Å². The summed E-state index contributed by atoms with van der Waals surface area (Å²) in [5.41, 5.74) is 4.32. The molecule has 1 aromatic rings. The Morgan fingerprint density at radius 1 is 0.875 bits per heavy atom. The third kappa shape index (κ3) is 2.00. The number of aromatic nitrogens is 1. The average molecular weight is 215 g/mol. The first-order valence-electron chi connectivity index (χ1n) is 6.92. The van der Waals surface area contributed by atoms with Gasteiger partial charge in [0.1, 0.15) is 0 Å². The van der Waals surface area contributed by atoms with E-state index in [4.69, 9.17) is 4.98 Å². The van der Waals surface area contributed by atoms with Crippen molar-refractivity contribution in [1.29, 1.82) is 0 Å². The summed E-state index contributed by atoms with van der Waals surface area (Å²) in [6.07, 6.45) is 12.2. The summed E-state index contributed by atoms with van der Waals surface area (Å²) in [7, 11) is 0. The van der Waals surface area contributed by atoms with Gasteiger partial charge in [-0.05, 0) is 50.2 Å². The van der Waals surface area contributed by atoms with Gasteiger partial charge in [-0.1, -0.05) is 25.3 Å². The molecule has 0 atom stereocenters. The van der Waals surface area contributed by atoms with Crippen molar-refractivity contribution in [3.63, 3.8) is 0 Å². The van der Waals surface area contributed by atoms with E-state index in [1.54, 1.807) is 0 Å². The van der Waals surface area contributed by atoms with Crippen molar-refractivity contribution in [2.75, 3.05) is 0 Å². The number of hydrogen-bond donors (Lipinski definition) is 0. The van der Waals surface area contributed by atoms with Gasteiger partial charge < -0.3 is 0 Å². The zero-order valence-corrected chi connectivity index (χ0v) is 10.0. The molecule has 1 heteroatoms. The second-order valence-corrected chi connectivity index (χ2v) is 5.38. The highest BCUT2D eigenvalue weighted by Gasteiger charge is 2.18. The fraction of sp³-hybridized carbons (Fsp3) is 0.667. The minimum absolute atomic E-state index is 0.765. The van der Waals surface area contributed by atoms with Gasteiger partial charge in [-0.2, -0.15) is 0 Å². The van der Waals surface area contributed by atoms with Crippen LogP contribution in [0.4, 0.5) is 0 Å². The SMILES string of the molecule is c1cc2c(nc1C1CCCCC1)CCCC2. The van der Waals surface area contributed by atoms with E-state index in [9.17, 15) is 0 Å². The van der Waals surface area contributed by atoms with Crippen molar-refractivity contribution in [1.82, 2.24) is 4.98 Å². The highest BCUT2D eigenvalue weighted by atomic mass is 14.7. The Bertz CT molecular complexity index is 364. The van der Waals surface area contributed by atoms with Crippen molar-refractivity contribution >= 4 is 0 Å². The fourth-order valence-electron chi connectivity index (χ4n) is 3.22. The first-order chi connectivity index (χ1) is 7.93. The average Bonchev–Trinajstić information content (AvgIpc) is 2.39. The molecule has 0 amide bonds. The van der Waals surface area contributed by atoms with Crippen LogP contribution in [-0.2, 0) is 12.8 Å². The maximum Gasteiger partial charge on any atom is 0.0439 e. The second kappa shape index (κ2) is 4.57. The van der Waals surface area contributed by atoms with E-state index in [1.165, 1.54) is 74.7 Å². The molecule has 0 bridgehead atoms. The quantitative estimate of drug-likeness (QED) is 0.689. The zero-order valence-electron chi connectivity index (χ0n) is 10.0. The van der Waals surface area contributed by atoms with Crippen molar-refractivity contribution in [3.05, 3.63) is 29.1 Å². The molecular formula is C15H21N. The molecule has 0 unspecified atom stereocenters. The Labute approximate surface area is 98.3 Å². The standard InChI is InChI=1S/C15H21N/c1-2-6-12(7-3-1)15-11-10-13-8-4-5-9-14(13)16-15/h10-12H,1-9H2. The number of pyridine rings is 1. The third-order valence-corrected chi connectivity index (χ3v) is 4.22. The van der Waals surface area contributed by atoms with Crippen molar-refractivity contribution < 1.29 is 0 Å². The molecule has 86 valence electrons. The Kier molecular flexibility index (Phi) is 2.94.